The molecule has 2 heterocycles. The van der Waals surface area contributed by atoms with Crippen LogP contribution in [0.4, 0.5) is 11.4 Å². The minimum Gasteiger partial charge on any atom is -0.341 e. The average Bonchev–Trinajstić information content (AvgIpc) is 3.28. The van der Waals surface area contributed by atoms with Gasteiger partial charge in [0.15, 0.2) is 0 Å². The van der Waals surface area contributed by atoms with Crippen molar-refractivity contribution in [2.45, 2.75) is 40.2 Å². The van der Waals surface area contributed by atoms with E-state index in [0.29, 0.717) is 0 Å². The highest BCUT2D eigenvalue weighted by Crippen LogP contribution is 2.43. The molecular weight excluding hydrogens is 486 g/mol. The molecule has 0 spiro atoms. The summed E-state index contributed by atoms with van der Waals surface area (Å²) in [5, 5.41) is 2.64. The van der Waals surface area contributed by atoms with Crippen molar-refractivity contribution in [1.29, 1.82) is 0 Å². The van der Waals surface area contributed by atoms with Crippen molar-refractivity contribution < 1.29 is 0 Å². The fourth-order valence-corrected chi connectivity index (χ4v) is 5.70. The van der Waals surface area contributed by atoms with Crippen molar-refractivity contribution in [2.75, 3.05) is 16.8 Å². The van der Waals surface area contributed by atoms with Crippen LogP contribution in [-0.4, -0.2) is 17.2 Å². The number of anilines is 2. The second-order valence-corrected chi connectivity index (χ2v) is 11.2. The van der Waals surface area contributed by atoms with Gasteiger partial charge >= 0.3 is 0 Å². The summed E-state index contributed by atoms with van der Waals surface area (Å²) >= 11 is 0. The first-order chi connectivity index (χ1) is 19.3. The van der Waals surface area contributed by atoms with E-state index in [-0.39, 0.29) is 5.54 Å². The lowest BCUT2D eigenvalue weighted by molar-refractivity contribution is 0.541. The van der Waals surface area contributed by atoms with Crippen molar-refractivity contribution in [3.63, 3.8) is 0 Å². The number of likely N-dealkylation sites (N-methyl/N-ethyl adjacent to an activating group) is 1. The number of allylic oxidation sites excluding steroid dienone is 3. The maximum atomic E-state index is 4.03. The van der Waals surface area contributed by atoms with Crippen molar-refractivity contribution in [1.82, 2.24) is 4.57 Å². The lowest BCUT2D eigenvalue weighted by Crippen LogP contribution is -2.45. The van der Waals surface area contributed by atoms with E-state index < -0.39 is 0 Å². The van der Waals surface area contributed by atoms with E-state index in [9.17, 15) is 0 Å². The monoisotopic (exact) mass is 525 g/mol. The third-order valence-corrected chi connectivity index (χ3v) is 7.38. The van der Waals surface area contributed by atoms with Gasteiger partial charge in [0.1, 0.15) is 0 Å². The van der Waals surface area contributed by atoms with E-state index in [1.807, 2.05) is 13.0 Å². The number of para-hydroxylation sites is 4. The first-order valence-corrected chi connectivity index (χ1v) is 13.9. The molecule has 4 aromatic carbocycles. The Kier molecular flexibility index (Phi) is 7.40. The first-order valence-electron chi connectivity index (χ1n) is 13.9. The van der Waals surface area contributed by atoms with Gasteiger partial charge in [-0.05, 0) is 89.2 Å². The summed E-state index contributed by atoms with van der Waals surface area (Å²) in [6, 6.07) is 34.4. The van der Waals surface area contributed by atoms with E-state index >= 15 is 0 Å². The van der Waals surface area contributed by atoms with Crippen LogP contribution in [-0.2, 0) is 0 Å². The SMILES string of the molecule is C=CC1=C(/C=C\C)N(C)c2ccccc2N1C(C)(C)C.Cc1ccc2c(c1)c1ccccc1n2-c1ccccc1. The molecule has 0 atom stereocenters. The van der Waals surface area contributed by atoms with Crippen LogP contribution in [0.5, 0.6) is 0 Å². The van der Waals surface area contributed by atoms with Crippen LogP contribution in [0.3, 0.4) is 0 Å². The molecule has 0 radical (unpaired) electrons. The molecule has 1 aliphatic rings. The topological polar surface area (TPSA) is 11.4 Å². The smallest absolute Gasteiger partial charge is 0.0657 e. The van der Waals surface area contributed by atoms with Gasteiger partial charge in [-0.25, -0.2) is 0 Å². The normalized spacial score (nSPS) is 13.6. The van der Waals surface area contributed by atoms with E-state index in [1.165, 1.54) is 50.1 Å². The number of hydrogen-bond donors (Lipinski definition) is 0. The minimum atomic E-state index is -0.00623. The molecule has 0 bridgehead atoms. The van der Waals surface area contributed by atoms with Gasteiger partial charge in [0.25, 0.3) is 0 Å². The number of hydrogen-bond acceptors (Lipinski definition) is 2. The van der Waals surface area contributed by atoms with Crippen LogP contribution in [0, 0.1) is 6.92 Å². The summed E-state index contributed by atoms with van der Waals surface area (Å²) in [5.74, 6) is 0. The standard InChI is InChI=1S/C19H15N.C18H24N2/c1-14-11-12-19-17(13-14)16-9-5-6-10-18(16)20(19)15-7-3-2-4-8-15;1-7-11-15-14(8-2)20(18(3,4)5)17-13-10-9-12-16(17)19(15)6/h2-13H,1H3;7-13H,2H2,1,3-6H3/b;11-7-. The molecule has 0 saturated heterocycles. The zero-order valence-electron chi connectivity index (χ0n) is 24.5. The Morgan fingerprint density at radius 2 is 1.32 bits per heavy atom. The van der Waals surface area contributed by atoms with Crippen LogP contribution in [0.2, 0.25) is 0 Å². The van der Waals surface area contributed by atoms with Crippen molar-refractivity contribution in [3.8, 4) is 5.69 Å². The second kappa shape index (κ2) is 10.9. The summed E-state index contributed by atoms with van der Waals surface area (Å²) < 4.78 is 2.34. The molecule has 202 valence electrons. The highest BCUT2D eigenvalue weighted by atomic mass is 15.3. The van der Waals surface area contributed by atoms with Crippen LogP contribution >= 0.6 is 0 Å². The Labute approximate surface area is 239 Å². The van der Waals surface area contributed by atoms with Gasteiger partial charge in [-0.3, -0.25) is 0 Å². The summed E-state index contributed by atoms with van der Waals surface area (Å²) in [6.45, 7) is 14.9. The highest BCUT2D eigenvalue weighted by molar-refractivity contribution is 6.09. The molecular formula is C37H39N3. The third kappa shape index (κ3) is 4.84. The van der Waals surface area contributed by atoms with Crippen LogP contribution in [0.15, 0.2) is 133 Å². The summed E-state index contributed by atoms with van der Waals surface area (Å²) in [6.07, 6.45) is 6.17. The Morgan fingerprint density at radius 1 is 0.700 bits per heavy atom. The number of rotatable bonds is 3. The van der Waals surface area contributed by atoms with Gasteiger partial charge in [-0.1, -0.05) is 72.8 Å². The van der Waals surface area contributed by atoms with Crippen molar-refractivity contribution in [3.05, 3.63) is 139 Å². The summed E-state index contributed by atoms with van der Waals surface area (Å²) in [4.78, 5) is 4.60. The number of aromatic nitrogens is 1. The Hall–Kier alpha value is -4.50. The molecule has 0 unspecified atom stereocenters. The third-order valence-electron chi connectivity index (χ3n) is 7.38. The molecule has 0 amide bonds. The molecule has 0 saturated carbocycles. The quantitative estimate of drug-likeness (QED) is 0.232. The minimum absolute atomic E-state index is 0.00623. The van der Waals surface area contributed by atoms with Crippen LogP contribution in [0.25, 0.3) is 27.5 Å². The molecule has 3 nitrogen and oxygen atoms in total. The lowest BCUT2D eigenvalue weighted by Gasteiger charge is -2.45. The van der Waals surface area contributed by atoms with Gasteiger partial charge in [0.05, 0.1) is 33.8 Å². The zero-order valence-corrected chi connectivity index (χ0v) is 24.5. The van der Waals surface area contributed by atoms with E-state index in [2.05, 4.69) is 165 Å². The van der Waals surface area contributed by atoms with E-state index in [1.54, 1.807) is 0 Å². The van der Waals surface area contributed by atoms with Gasteiger partial charge in [-0.15, -0.1) is 0 Å². The van der Waals surface area contributed by atoms with Gasteiger partial charge < -0.3 is 14.4 Å². The number of benzene rings is 4. The van der Waals surface area contributed by atoms with Gasteiger partial charge in [0.2, 0.25) is 0 Å². The van der Waals surface area contributed by atoms with Crippen LogP contribution in [0.1, 0.15) is 33.3 Å². The Morgan fingerprint density at radius 3 is 2.00 bits per heavy atom. The number of fused-ring (bicyclic) bond motifs is 4. The molecule has 6 rings (SSSR count). The molecule has 3 heteroatoms. The zero-order chi connectivity index (χ0) is 28.4. The lowest BCUT2D eigenvalue weighted by atomic mass is 9.98. The van der Waals surface area contributed by atoms with Gasteiger partial charge in [0, 0.05) is 29.0 Å². The van der Waals surface area contributed by atoms with Crippen LogP contribution < -0.4 is 9.80 Å². The maximum absolute atomic E-state index is 4.03. The predicted octanol–water partition coefficient (Wildman–Crippen LogP) is 9.81. The Balaban J connectivity index is 0.000000161. The number of nitrogens with zero attached hydrogens (tertiary/aromatic N) is 3. The van der Waals surface area contributed by atoms with Crippen molar-refractivity contribution in [2.24, 2.45) is 0 Å². The van der Waals surface area contributed by atoms with E-state index in [4.69, 9.17) is 0 Å². The Bertz CT molecular complexity index is 1730. The molecule has 0 fully saturated rings. The summed E-state index contributed by atoms with van der Waals surface area (Å²) in [5.41, 5.74) is 9.81. The fraction of sp³-hybridized carbons (Fsp3) is 0.189. The maximum Gasteiger partial charge on any atom is 0.0657 e. The fourth-order valence-electron chi connectivity index (χ4n) is 5.70. The molecule has 0 N–H and O–H groups in total. The molecule has 0 aliphatic carbocycles. The van der Waals surface area contributed by atoms with Gasteiger partial charge in [-0.2, -0.15) is 0 Å². The molecule has 5 aromatic rings. The first kappa shape index (κ1) is 27.1. The average molecular weight is 526 g/mol. The molecule has 40 heavy (non-hydrogen) atoms. The van der Waals surface area contributed by atoms with Crippen molar-refractivity contribution >= 4 is 33.2 Å². The number of aryl methyl sites for hydroxylation is 1. The second-order valence-electron chi connectivity index (χ2n) is 11.2. The predicted molar refractivity (Wildman–Crippen MR) is 175 cm³/mol. The largest absolute Gasteiger partial charge is 0.341 e. The van der Waals surface area contributed by atoms with E-state index in [0.717, 1.165) is 5.70 Å². The molecule has 1 aliphatic heterocycles. The highest BCUT2D eigenvalue weighted by Gasteiger charge is 2.32. The summed E-state index contributed by atoms with van der Waals surface area (Å²) in [7, 11) is 2.11. The molecule has 1 aromatic heterocycles.